The minimum absolute atomic E-state index is 0.0353. The molecule has 1 heterocycles. The van der Waals surface area contributed by atoms with Crippen molar-refractivity contribution in [1.82, 2.24) is 9.97 Å². The molecule has 0 aliphatic heterocycles. The van der Waals surface area contributed by atoms with E-state index in [1.165, 1.54) is 50.1 Å². The lowest BCUT2D eigenvalue weighted by Gasteiger charge is -2.22. The second-order valence-corrected chi connectivity index (χ2v) is 15.4. The minimum Gasteiger partial charge on any atom is -0.228 e. The molecule has 0 amide bonds. The maximum Gasteiger partial charge on any atom is 0.160 e. The van der Waals surface area contributed by atoms with E-state index >= 15 is 0 Å². The third-order valence-corrected chi connectivity index (χ3v) is 11.5. The summed E-state index contributed by atoms with van der Waals surface area (Å²) in [6.45, 7) is 4.68. The first kappa shape index (κ1) is 34.3. The number of aromatic nitrogens is 2. The molecule has 0 radical (unpaired) electrons. The molecule has 10 rings (SSSR count). The van der Waals surface area contributed by atoms with Crippen LogP contribution < -0.4 is 0 Å². The van der Waals surface area contributed by atoms with Crippen LogP contribution >= 0.6 is 0 Å². The second-order valence-electron chi connectivity index (χ2n) is 15.4. The Morgan fingerprint density at radius 1 is 0.281 bits per heavy atom. The standard InChI is InChI=1S/C55H40N2/c1-55(2)50-22-10-9-21-48(50)49-32-31-46(35-51(49)55)45-19-11-17-43(33-45)40-25-29-42(30-26-40)53-36-52(41-27-23-39(24-28-41)37-13-5-3-6-14-37)56-54(57-53)47-20-12-18-44(34-47)38-15-7-4-8-16-38/h3-36H,1-2H3. The summed E-state index contributed by atoms with van der Waals surface area (Å²) in [6, 6.07) is 73.8. The van der Waals surface area contributed by atoms with Gasteiger partial charge in [-0.25, -0.2) is 9.97 Å². The van der Waals surface area contributed by atoms with Gasteiger partial charge in [-0.15, -0.1) is 0 Å². The SMILES string of the molecule is CC1(C)c2ccccc2-c2ccc(-c3cccc(-c4ccc(-c5cc(-c6ccc(-c7ccccc7)cc6)nc(-c6cccc(-c7ccccc7)c6)n5)cc4)c3)cc21. The summed E-state index contributed by atoms with van der Waals surface area (Å²) in [6.07, 6.45) is 0. The zero-order valence-electron chi connectivity index (χ0n) is 32.0. The summed E-state index contributed by atoms with van der Waals surface area (Å²) in [4.78, 5) is 10.4. The van der Waals surface area contributed by atoms with Crippen molar-refractivity contribution in [1.29, 1.82) is 0 Å². The van der Waals surface area contributed by atoms with Gasteiger partial charge in [-0.3, -0.25) is 0 Å². The van der Waals surface area contributed by atoms with Gasteiger partial charge >= 0.3 is 0 Å². The highest BCUT2D eigenvalue weighted by Gasteiger charge is 2.35. The Kier molecular flexibility index (Phi) is 8.53. The van der Waals surface area contributed by atoms with E-state index in [1.807, 2.05) is 12.1 Å². The normalized spacial score (nSPS) is 12.5. The zero-order chi connectivity index (χ0) is 38.3. The molecule has 1 aliphatic rings. The third-order valence-electron chi connectivity index (χ3n) is 11.5. The Bertz CT molecular complexity index is 2890. The molecule has 0 bridgehead atoms. The van der Waals surface area contributed by atoms with Crippen LogP contribution in [-0.2, 0) is 5.41 Å². The number of hydrogen-bond donors (Lipinski definition) is 0. The molecular weight excluding hydrogens is 689 g/mol. The number of nitrogens with zero attached hydrogens (tertiary/aromatic N) is 2. The van der Waals surface area contributed by atoms with E-state index in [0.29, 0.717) is 5.82 Å². The van der Waals surface area contributed by atoms with Crippen molar-refractivity contribution in [2.45, 2.75) is 19.3 Å². The summed E-state index contributed by atoms with van der Waals surface area (Å²) in [5.74, 6) is 0.699. The van der Waals surface area contributed by atoms with Gasteiger partial charge in [0.15, 0.2) is 5.82 Å². The van der Waals surface area contributed by atoms with Gasteiger partial charge in [-0.1, -0.05) is 196 Å². The first-order valence-electron chi connectivity index (χ1n) is 19.6. The van der Waals surface area contributed by atoms with Crippen LogP contribution in [0.4, 0.5) is 0 Å². The van der Waals surface area contributed by atoms with Crippen LogP contribution in [0.2, 0.25) is 0 Å². The molecule has 0 saturated carbocycles. The third kappa shape index (κ3) is 6.46. The van der Waals surface area contributed by atoms with Gasteiger partial charge in [0.1, 0.15) is 0 Å². The highest BCUT2D eigenvalue weighted by atomic mass is 14.9. The van der Waals surface area contributed by atoms with E-state index in [9.17, 15) is 0 Å². The van der Waals surface area contributed by atoms with Crippen molar-refractivity contribution in [3.63, 3.8) is 0 Å². The number of hydrogen-bond acceptors (Lipinski definition) is 2. The van der Waals surface area contributed by atoms with Crippen LogP contribution in [0.1, 0.15) is 25.0 Å². The molecular formula is C55H40N2. The van der Waals surface area contributed by atoms with Crippen LogP contribution in [0.25, 0.3) is 89.5 Å². The van der Waals surface area contributed by atoms with E-state index in [1.54, 1.807) is 0 Å². The van der Waals surface area contributed by atoms with Gasteiger partial charge in [0, 0.05) is 22.1 Å². The molecule has 0 N–H and O–H groups in total. The second kappa shape index (κ2) is 14.2. The van der Waals surface area contributed by atoms with Crippen molar-refractivity contribution in [3.8, 4) is 89.5 Å². The van der Waals surface area contributed by atoms with E-state index in [2.05, 4.69) is 208 Å². The Balaban J connectivity index is 0.998. The quantitative estimate of drug-likeness (QED) is 0.163. The summed E-state index contributed by atoms with van der Waals surface area (Å²) >= 11 is 0. The lowest BCUT2D eigenvalue weighted by molar-refractivity contribution is 0.660. The number of rotatable bonds is 7. The predicted octanol–water partition coefficient (Wildman–Crippen LogP) is 14.5. The molecule has 0 saturated heterocycles. The van der Waals surface area contributed by atoms with E-state index in [-0.39, 0.29) is 5.41 Å². The number of fused-ring (bicyclic) bond motifs is 3. The molecule has 2 heteroatoms. The average molecular weight is 729 g/mol. The van der Waals surface area contributed by atoms with Crippen LogP contribution in [0.3, 0.4) is 0 Å². The van der Waals surface area contributed by atoms with Gasteiger partial charge in [-0.2, -0.15) is 0 Å². The molecule has 0 fully saturated rings. The molecule has 2 nitrogen and oxygen atoms in total. The fourth-order valence-electron chi connectivity index (χ4n) is 8.40. The molecule has 57 heavy (non-hydrogen) atoms. The van der Waals surface area contributed by atoms with Crippen molar-refractivity contribution < 1.29 is 0 Å². The van der Waals surface area contributed by atoms with E-state index < -0.39 is 0 Å². The highest BCUT2D eigenvalue weighted by Crippen LogP contribution is 2.49. The molecule has 270 valence electrons. The zero-order valence-corrected chi connectivity index (χ0v) is 32.0. The Labute approximate surface area is 334 Å². The van der Waals surface area contributed by atoms with Crippen molar-refractivity contribution >= 4 is 0 Å². The maximum atomic E-state index is 5.20. The summed E-state index contributed by atoms with van der Waals surface area (Å²) in [7, 11) is 0. The molecule has 0 spiro atoms. The van der Waals surface area contributed by atoms with E-state index in [0.717, 1.165) is 44.8 Å². The summed E-state index contributed by atoms with van der Waals surface area (Å²) in [5, 5.41) is 0. The van der Waals surface area contributed by atoms with Gasteiger partial charge in [0.2, 0.25) is 0 Å². The first-order valence-corrected chi connectivity index (χ1v) is 19.6. The topological polar surface area (TPSA) is 25.8 Å². The van der Waals surface area contributed by atoms with Crippen molar-refractivity contribution in [2.75, 3.05) is 0 Å². The minimum atomic E-state index is -0.0353. The number of benzene rings is 8. The molecule has 9 aromatic rings. The van der Waals surface area contributed by atoms with Gasteiger partial charge in [-0.05, 0) is 91.0 Å². The summed E-state index contributed by atoms with van der Waals surface area (Å²) < 4.78 is 0. The van der Waals surface area contributed by atoms with E-state index in [4.69, 9.17) is 9.97 Å². The Morgan fingerprint density at radius 3 is 1.28 bits per heavy atom. The molecule has 0 unspecified atom stereocenters. The molecule has 1 aromatic heterocycles. The van der Waals surface area contributed by atoms with Gasteiger partial charge < -0.3 is 0 Å². The molecule has 8 aromatic carbocycles. The lowest BCUT2D eigenvalue weighted by Crippen LogP contribution is -2.14. The maximum absolute atomic E-state index is 5.20. The first-order chi connectivity index (χ1) is 28.0. The monoisotopic (exact) mass is 728 g/mol. The summed E-state index contributed by atoms with van der Waals surface area (Å²) in [5.41, 5.74) is 19.7. The van der Waals surface area contributed by atoms with Crippen LogP contribution in [0.15, 0.2) is 206 Å². The van der Waals surface area contributed by atoms with Crippen molar-refractivity contribution in [3.05, 3.63) is 217 Å². The molecule has 0 atom stereocenters. The van der Waals surface area contributed by atoms with Gasteiger partial charge in [0.05, 0.1) is 11.4 Å². The predicted molar refractivity (Wildman–Crippen MR) is 238 cm³/mol. The smallest absolute Gasteiger partial charge is 0.160 e. The Morgan fingerprint density at radius 2 is 0.667 bits per heavy atom. The van der Waals surface area contributed by atoms with Crippen LogP contribution in [0, 0.1) is 0 Å². The fraction of sp³-hybridized carbons (Fsp3) is 0.0545. The fourth-order valence-corrected chi connectivity index (χ4v) is 8.40. The van der Waals surface area contributed by atoms with Crippen LogP contribution in [0.5, 0.6) is 0 Å². The Hall–Kier alpha value is -7.16. The largest absolute Gasteiger partial charge is 0.228 e. The van der Waals surface area contributed by atoms with Gasteiger partial charge in [0.25, 0.3) is 0 Å². The lowest BCUT2D eigenvalue weighted by atomic mass is 9.81. The highest BCUT2D eigenvalue weighted by molar-refractivity contribution is 5.85. The molecule has 1 aliphatic carbocycles. The average Bonchev–Trinajstić information content (AvgIpc) is 3.52. The van der Waals surface area contributed by atoms with Crippen molar-refractivity contribution in [2.24, 2.45) is 0 Å². The van der Waals surface area contributed by atoms with Crippen LogP contribution in [-0.4, -0.2) is 9.97 Å².